The minimum Gasteiger partial charge on any atom is -0.345 e. The number of anilines is 1. The van der Waals surface area contributed by atoms with Crippen LogP contribution in [0.3, 0.4) is 0 Å². The Balaban J connectivity index is 1.33. The molecule has 0 saturated heterocycles. The van der Waals surface area contributed by atoms with E-state index < -0.39 is 15.8 Å². The zero-order valence-electron chi connectivity index (χ0n) is 21.2. The minimum atomic E-state index is -0.574. The van der Waals surface area contributed by atoms with Gasteiger partial charge in [0.25, 0.3) is 17.3 Å². The molecule has 0 radical (unpaired) electrons. The summed E-state index contributed by atoms with van der Waals surface area (Å²) in [4.78, 5) is 50.5. The molecule has 14 nitrogen and oxygen atoms in total. The third-order valence-electron chi connectivity index (χ3n) is 5.62. The first-order valence-electron chi connectivity index (χ1n) is 11.7. The van der Waals surface area contributed by atoms with Crippen molar-refractivity contribution in [2.45, 2.75) is 32.1 Å². The van der Waals surface area contributed by atoms with Gasteiger partial charge in [-0.25, -0.2) is 4.98 Å². The standard InChI is InChI=1S/C24H22N8O6S2/c1-3-30-20(11-25-22(34)16-5-4-6-17(9-16)31(35)36)28-29-24(30)40-13-21(33)27-23-26-18(12-39-23)15-8-7-14(2)19(10-15)32(37)38/h4-10,12H,3,11,13H2,1-2H3,(H,25,34)(H,26,27,33). The van der Waals surface area contributed by atoms with E-state index in [1.165, 1.54) is 41.7 Å². The van der Waals surface area contributed by atoms with Crippen molar-refractivity contribution in [3.05, 3.63) is 85.0 Å². The van der Waals surface area contributed by atoms with E-state index in [1.54, 1.807) is 29.0 Å². The number of hydrogen-bond donors (Lipinski definition) is 2. The first kappa shape index (κ1) is 28.3. The summed E-state index contributed by atoms with van der Waals surface area (Å²) in [6.07, 6.45) is 0. The number of carbonyl (C=O) groups excluding carboxylic acids is 2. The summed E-state index contributed by atoms with van der Waals surface area (Å²) in [5.41, 5.74) is 1.59. The molecule has 0 unspecified atom stereocenters. The summed E-state index contributed by atoms with van der Waals surface area (Å²) in [7, 11) is 0. The minimum absolute atomic E-state index is 0.00417. The first-order valence-corrected chi connectivity index (χ1v) is 13.6. The molecule has 0 spiro atoms. The van der Waals surface area contributed by atoms with E-state index in [4.69, 9.17) is 0 Å². The number of amides is 2. The van der Waals surface area contributed by atoms with Crippen molar-refractivity contribution < 1.29 is 19.4 Å². The van der Waals surface area contributed by atoms with Crippen molar-refractivity contribution in [2.24, 2.45) is 0 Å². The number of nitrogens with zero attached hydrogens (tertiary/aromatic N) is 6. The molecule has 40 heavy (non-hydrogen) atoms. The van der Waals surface area contributed by atoms with Gasteiger partial charge in [-0.15, -0.1) is 21.5 Å². The van der Waals surface area contributed by atoms with Crippen molar-refractivity contribution in [1.82, 2.24) is 25.1 Å². The number of aromatic nitrogens is 4. The molecule has 0 aliphatic heterocycles. The molecule has 206 valence electrons. The molecular weight excluding hydrogens is 560 g/mol. The number of aryl methyl sites for hydroxylation is 1. The third kappa shape index (κ3) is 6.65. The Bertz CT molecular complexity index is 1600. The predicted molar refractivity (Wildman–Crippen MR) is 148 cm³/mol. The van der Waals surface area contributed by atoms with Gasteiger partial charge in [-0.05, 0) is 19.9 Å². The molecule has 0 bridgehead atoms. The molecular formula is C24H22N8O6S2. The fourth-order valence-electron chi connectivity index (χ4n) is 3.61. The highest BCUT2D eigenvalue weighted by Gasteiger charge is 2.17. The summed E-state index contributed by atoms with van der Waals surface area (Å²) < 4.78 is 1.75. The maximum absolute atomic E-state index is 12.6. The predicted octanol–water partition coefficient (Wildman–Crippen LogP) is 4.21. The number of nitro benzene ring substituents is 2. The Morgan fingerprint density at radius 1 is 1.10 bits per heavy atom. The number of nitro groups is 2. The molecule has 0 saturated carbocycles. The largest absolute Gasteiger partial charge is 0.345 e. The molecule has 0 aliphatic carbocycles. The van der Waals surface area contributed by atoms with Gasteiger partial charge >= 0.3 is 0 Å². The highest BCUT2D eigenvalue weighted by Crippen LogP contribution is 2.29. The van der Waals surface area contributed by atoms with Crippen LogP contribution in [0.5, 0.6) is 0 Å². The molecule has 0 fully saturated rings. The van der Waals surface area contributed by atoms with Crippen molar-refractivity contribution in [1.29, 1.82) is 0 Å². The summed E-state index contributed by atoms with van der Waals surface area (Å²) in [6.45, 7) is 4.04. The van der Waals surface area contributed by atoms with E-state index in [1.807, 2.05) is 6.92 Å². The van der Waals surface area contributed by atoms with Crippen molar-refractivity contribution in [3.63, 3.8) is 0 Å². The number of carbonyl (C=O) groups is 2. The average molecular weight is 583 g/mol. The fraction of sp³-hybridized carbons (Fsp3) is 0.208. The van der Waals surface area contributed by atoms with E-state index >= 15 is 0 Å². The Morgan fingerprint density at radius 2 is 1.90 bits per heavy atom. The Morgan fingerprint density at radius 3 is 2.62 bits per heavy atom. The summed E-state index contributed by atoms with van der Waals surface area (Å²) in [5, 5.41) is 38.3. The lowest BCUT2D eigenvalue weighted by Crippen LogP contribution is -2.25. The van der Waals surface area contributed by atoms with Gasteiger partial charge in [0.15, 0.2) is 16.1 Å². The molecule has 16 heteroatoms. The Kier molecular flexibility index (Phi) is 8.80. The highest BCUT2D eigenvalue weighted by atomic mass is 32.2. The van der Waals surface area contributed by atoms with Gasteiger partial charge in [-0.2, -0.15) is 0 Å². The topological polar surface area (TPSA) is 188 Å². The first-order chi connectivity index (χ1) is 19.2. The van der Waals surface area contributed by atoms with Gasteiger partial charge in [0.05, 0.1) is 27.8 Å². The van der Waals surface area contributed by atoms with Crippen LogP contribution in [-0.2, 0) is 17.9 Å². The average Bonchev–Trinajstić information content (AvgIpc) is 3.57. The molecule has 0 atom stereocenters. The van der Waals surface area contributed by atoms with Crippen LogP contribution in [0.4, 0.5) is 16.5 Å². The number of thioether (sulfide) groups is 1. The number of non-ortho nitro benzene ring substituents is 1. The number of rotatable bonds is 11. The summed E-state index contributed by atoms with van der Waals surface area (Å²) >= 11 is 2.36. The van der Waals surface area contributed by atoms with E-state index in [0.29, 0.717) is 39.5 Å². The molecule has 2 aromatic carbocycles. The van der Waals surface area contributed by atoms with Crippen LogP contribution in [0.2, 0.25) is 0 Å². The SMILES string of the molecule is CCn1c(CNC(=O)c2cccc([N+](=O)[O-])c2)nnc1SCC(=O)Nc1nc(-c2ccc(C)c([N+](=O)[O-])c2)cs1. The Hall–Kier alpha value is -4.70. The Labute approximate surface area is 235 Å². The maximum atomic E-state index is 12.6. The van der Waals surface area contributed by atoms with E-state index in [0.717, 1.165) is 11.8 Å². The van der Waals surface area contributed by atoms with Crippen LogP contribution in [0.1, 0.15) is 28.7 Å². The van der Waals surface area contributed by atoms with E-state index in [-0.39, 0.29) is 35.1 Å². The molecule has 2 heterocycles. The second-order valence-electron chi connectivity index (χ2n) is 8.27. The monoisotopic (exact) mass is 582 g/mol. The maximum Gasteiger partial charge on any atom is 0.272 e. The fourth-order valence-corrected chi connectivity index (χ4v) is 5.17. The van der Waals surface area contributed by atoms with Crippen LogP contribution in [0.15, 0.2) is 53.0 Å². The highest BCUT2D eigenvalue weighted by molar-refractivity contribution is 7.99. The summed E-state index contributed by atoms with van der Waals surface area (Å²) in [5.74, 6) is -0.345. The van der Waals surface area contributed by atoms with Crippen molar-refractivity contribution in [3.8, 4) is 11.3 Å². The second kappa shape index (κ2) is 12.4. The number of nitrogens with one attached hydrogen (secondary N) is 2. The lowest BCUT2D eigenvalue weighted by atomic mass is 10.1. The zero-order chi connectivity index (χ0) is 28.8. The van der Waals surface area contributed by atoms with Crippen LogP contribution < -0.4 is 10.6 Å². The van der Waals surface area contributed by atoms with Crippen LogP contribution >= 0.6 is 23.1 Å². The van der Waals surface area contributed by atoms with Crippen LogP contribution in [0, 0.1) is 27.2 Å². The van der Waals surface area contributed by atoms with Crippen LogP contribution in [0.25, 0.3) is 11.3 Å². The van der Waals surface area contributed by atoms with Crippen LogP contribution in [-0.4, -0.2) is 47.2 Å². The van der Waals surface area contributed by atoms with Gasteiger partial charge in [0.2, 0.25) is 5.91 Å². The van der Waals surface area contributed by atoms with E-state index in [9.17, 15) is 29.8 Å². The number of benzene rings is 2. The van der Waals surface area contributed by atoms with Gasteiger partial charge < -0.3 is 15.2 Å². The lowest BCUT2D eigenvalue weighted by molar-refractivity contribution is -0.385. The smallest absolute Gasteiger partial charge is 0.272 e. The van der Waals surface area contributed by atoms with E-state index in [2.05, 4.69) is 25.8 Å². The third-order valence-corrected chi connectivity index (χ3v) is 7.34. The number of thiazole rings is 1. The van der Waals surface area contributed by atoms with Gasteiger partial charge in [-0.1, -0.05) is 30.0 Å². The van der Waals surface area contributed by atoms with Crippen molar-refractivity contribution in [2.75, 3.05) is 11.1 Å². The normalized spacial score (nSPS) is 10.8. The van der Waals surface area contributed by atoms with Gasteiger partial charge in [0.1, 0.15) is 0 Å². The molecule has 0 aliphatic rings. The van der Waals surface area contributed by atoms with Gasteiger partial charge in [-0.3, -0.25) is 29.8 Å². The molecule has 4 rings (SSSR count). The number of hydrogen-bond acceptors (Lipinski definition) is 11. The summed E-state index contributed by atoms with van der Waals surface area (Å²) in [6, 6.07) is 10.2. The molecule has 2 aromatic heterocycles. The lowest BCUT2D eigenvalue weighted by Gasteiger charge is -2.08. The van der Waals surface area contributed by atoms with Crippen molar-refractivity contribution >= 4 is 51.4 Å². The second-order valence-corrected chi connectivity index (χ2v) is 10.1. The molecule has 2 N–H and O–H groups in total. The zero-order valence-corrected chi connectivity index (χ0v) is 22.8. The van der Waals surface area contributed by atoms with Gasteiger partial charge in [0, 0.05) is 46.8 Å². The molecule has 2 amide bonds. The molecule has 4 aromatic rings. The quantitative estimate of drug-likeness (QED) is 0.147.